The summed E-state index contributed by atoms with van der Waals surface area (Å²) in [5.74, 6) is -0.173. The minimum absolute atomic E-state index is 0.0212. The number of anilines is 1. The molecule has 0 saturated carbocycles. The Labute approximate surface area is 178 Å². The number of rotatable bonds is 4. The average Bonchev–Trinajstić information content (AvgIpc) is 2.90. The zero-order chi connectivity index (χ0) is 21.3. The smallest absolute Gasteiger partial charge is 0.326 e. The highest BCUT2D eigenvalue weighted by atomic mass is 35.5. The Morgan fingerprint density at radius 2 is 1.72 bits per heavy atom. The third kappa shape index (κ3) is 4.71. The Morgan fingerprint density at radius 3 is 2.34 bits per heavy atom. The summed E-state index contributed by atoms with van der Waals surface area (Å²) in [5.41, 5.74) is 1.38. The van der Waals surface area contributed by atoms with Gasteiger partial charge in [0.2, 0.25) is 0 Å². The SMILES string of the molecule is Cc1nc2c(NC(=O)c3c(Cl)cccc3Cl)cccc2n1CC(=O)OC(C)(C)C. The van der Waals surface area contributed by atoms with Crippen LogP contribution < -0.4 is 5.32 Å². The van der Waals surface area contributed by atoms with Crippen molar-refractivity contribution < 1.29 is 14.3 Å². The van der Waals surface area contributed by atoms with Gasteiger partial charge in [0.15, 0.2) is 0 Å². The summed E-state index contributed by atoms with van der Waals surface area (Å²) in [6.45, 7) is 7.26. The highest BCUT2D eigenvalue weighted by molar-refractivity contribution is 6.40. The van der Waals surface area contributed by atoms with E-state index in [1.807, 2.05) is 26.8 Å². The van der Waals surface area contributed by atoms with Crippen LogP contribution in [0.5, 0.6) is 0 Å². The van der Waals surface area contributed by atoms with Gasteiger partial charge in [-0.15, -0.1) is 0 Å². The van der Waals surface area contributed by atoms with Crippen LogP contribution in [0, 0.1) is 6.92 Å². The number of imidazole rings is 1. The molecule has 0 saturated heterocycles. The van der Waals surface area contributed by atoms with Gasteiger partial charge in [0.25, 0.3) is 5.91 Å². The van der Waals surface area contributed by atoms with Crippen molar-refractivity contribution in [3.63, 3.8) is 0 Å². The minimum atomic E-state index is -0.575. The first-order valence-electron chi connectivity index (χ1n) is 9.00. The first-order valence-corrected chi connectivity index (χ1v) is 9.75. The number of nitrogens with zero attached hydrogens (tertiary/aromatic N) is 2. The van der Waals surface area contributed by atoms with Crippen molar-refractivity contribution >= 4 is 51.8 Å². The van der Waals surface area contributed by atoms with Crippen molar-refractivity contribution in [1.82, 2.24) is 9.55 Å². The Balaban J connectivity index is 1.93. The topological polar surface area (TPSA) is 73.2 Å². The third-order valence-electron chi connectivity index (χ3n) is 4.12. The molecule has 0 aliphatic carbocycles. The molecule has 6 nitrogen and oxygen atoms in total. The number of para-hydroxylation sites is 1. The summed E-state index contributed by atoms with van der Waals surface area (Å²) >= 11 is 12.3. The third-order valence-corrected chi connectivity index (χ3v) is 4.74. The fraction of sp³-hybridized carbons (Fsp3) is 0.286. The molecule has 0 atom stereocenters. The zero-order valence-corrected chi connectivity index (χ0v) is 18.1. The van der Waals surface area contributed by atoms with Crippen LogP contribution in [0.2, 0.25) is 10.0 Å². The van der Waals surface area contributed by atoms with E-state index in [0.29, 0.717) is 22.5 Å². The number of nitrogens with one attached hydrogen (secondary N) is 1. The Hall–Kier alpha value is -2.57. The molecule has 0 unspecified atom stereocenters. The number of carbonyl (C=O) groups excluding carboxylic acids is 2. The maximum absolute atomic E-state index is 12.7. The largest absolute Gasteiger partial charge is 0.459 e. The maximum Gasteiger partial charge on any atom is 0.326 e. The lowest BCUT2D eigenvalue weighted by Crippen LogP contribution is -2.26. The fourth-order valence-corrected chi connectivity index (χ4v) is 3.54. The molecule has 152 valence electrons. The second-order valence-electron chi connectivity index (χ2n) is 7.56. The van der Waals surface area contributed by atoms with E-state index < -0.39 is 11.5 Å². The number of amides is 1. The van der Waals surface area contributed by atoms with Gasteiger partial charge in [-0.1, -0.05) is 35.3 Å². The monoisotopic (exact) mass is 433 g/mol. The molecule has 1 heterocycles. The molecule has 0 aliphatic rings. The van der Waals surface area contributed by atoms with Crippen LogP contribution in [0.4, 0.5) is 5.69 Å². The summed E-state index contributed by atoms with van der Waals surface area (Å²) < 4.78 is 7.16. The van der Waals surface area contributed by atoms with Crippen molar-refractivity contribution in [2.75, 3.05) is 5.32 Å². The lowest BCUT2D eigenvalue weighted by molar-refractivity contribution is -0.155. The van der Waals surface area contributed by atoms with Crippen LogP contribution >= 0.6 is 23.2 Å². The van der Waals surface area contributed by atoms with Gasteiger partial charge in [0.1, 0.15) is 23.5 Å². The average molecular weight is 434 g/mol. The van der Waals surface area contributed by atoms with E-state index in [0.717, 1.165) is 0 Å². The van der Waals surface area contributed by atoms with Gasteiger partial charge in [0, 0.05) is 0 Å². The number of aromatic nitrogens is 2. The molecule has 1 amide bonds. The Morgan fingerprint density at radius 1 is 1.10 bits per heavy atom. The number of fused-ring (bicyclic) bond motifs is 1. The van der Waals surface area contributed by atoms with Gasteiger partial charge < -0.3 is 14.6 Å². The van der Waals surface area contributed by atoms with E-state index in [4.69, 9.17) is 27.9 Å². The molecule has 29 heavy (non-hydrogen) atoms. The lowest BCUT2D eigenvalue weighted by Gasteiger charge is -2.20. The van der Waals surface area contributed by atoms with Crippen molar-refractivity contribution in [2.24, 2.45) is 0 Å². The molecule has 1 N–H and O–H groups in total. The summed E-state index contributed by atoms with van der Waals surface area (Å²) in [5, 5.41) is 3.33. The number of aryl methyl sites for hydroxylation is 1. The number of halogens is 2. The van der Waals surface area contributed by atoms with Crippen molar-refractivity contribution in [2.45, 2.75) is 39.8 Å². The summed E-state index contributed by atoms with van der Waals surface area (Å²) in [4.78, 5) is 29.5. The van der Waals surface area contributed by atoms with E-state index in [-0.39, 0.29) is 28.1 Å². The fourth-order valence-electron chi connectivity index (χ4n) is 2.97. The molecule has 0 fully saturated rings. The predicted molar refractivity (Wildman–Crippen MR) is 115 cm³/mol. The van der Waals surface area contributed by atoms with E-state index in [1.54, 1.807) is 41.8 Å². The van der Waals surface area contributed by atoms with Crippen LogP contribution in [0.3, 0.4) is 0 Å². The molecular weight excluding hydrogens is 413 g/mol. The standard InChI is InChI=1S/C21H21Cl2N3O3/c1-12-24-19-15(25-20(28)18-13(22)7-5-8-14(18)23)9-6-10-16(19)26(12)11-17(27)29-21(2,3)4/h5-10H,11H2,1-4H3,(H,25,28). The van der Waals surface area contributed by atoms with Crippen molar-refractivity contribution in [1.29, 1.82) is 0 Å². The molecule has 0 spiro atoms. The maximum atomic E-state index is 12.7. The minimum Gasteiger partial charge on any atom is -0.459 e. The van der Waals surface area contributed by atoms with Gasteiger partial charge in [-0.3, -0.25) is 9.59 Å². The number of benzene rings is 2. The molecule has 0 aliphatic heterocycles. The lowest BCUT2D eigenvalue weighted by atomic mass is 10.2. The molecule has 0 bridgehead atoms. The first kappa shape index (κ1) is 21.1. The zero-order valence-electron chi connectivity index (χ0n) is 16.5. The van der Waals surface area contributed by atoms with E-state index >= 15 is 0 Å². The molecule has 1 aromatic heterocycles. The molecular formula is C21H21Cl2N3O3. The summed E-state index contributed by atoms with van der Waals surface area (Å²) in [6, 6.07) is 10.2. The molecule has 0 radical (unpaired) electrons. The second kappa shape index (κ2) is 8.05. The van der Waals surface area contributed by atoms with E-state index in [9.17, 15) is 9.59 Å². The normalized spacial score (nSPS) is 11.5. The number of esters is 1. The summed E-state index contributed by atoms with van der Waals surface area (Å²) in [7, 11) is 0. The summed E-state index contributed by atoms with van der Waals surface area (Å²) in [6.07, 6.45) is 0. The van der Waals surface area contributed by atoms with Crippen LogP contribution in [0.25, 0.3) is 11.0 Å². The van der Waals surface area contributed by atoms with Crippen molar-refractivity contribution in [3.05, 3.63) is 57.8 Å². The molecule has 2 aromatic carbocycles. The molecule has 8 heteroatoms. The number of carbonyl (C=O) groups is 2. The molecule has 3 aromatic rings. The van der Waals surface area contributed by atoms with E-state index in [1.165, 1.54) is 0 Å². The quantitative estimate of drug-likeness (QED) is 0.570. The van der Waals surface area contributed by atoms with Gasteiger partial charge in [0.05, 0.1) is 26.8 Å². The van der Waals surface area contributed by atoms with Gasteiger partial charge >= 0.3 is 5.97 Å². The Bertz CT molecular complexity index is 1080. The van der Waals surface area contributed by atoms with Gasteiger partial charge in [-0.05, 0) is 52.0 Å². The number of ether oxygens (including phenoxy) is 1. The van der Waals surface area contributed by atoms with Crippen LogP contribution in [-0.2, 0) is 16.1 Å². The second-order valence-corrected chi connectivity index (χ2v) is 8.37. The highest BCUT2D eigenvalue weighted by Gasteiger charge is 2.21. The van der Waals surface area contributed by atoms with Gasteiger partial charge in [-0.2, -0.15) is 0 Å². The molecule has 3 rings (SSSR count). The number of hydrogen-bond acceptors (Lipinski definition) is 4. The van der Waals surface area contributed by atoms with E-state index in [2.05, 4.69) is 10.3 Å². The number of hydrogen-bond donors (Lipinski definition) is 1. The highest BCUT2D eigenvalue weighted by Crippen LogP contribution is 2.28. The van der Waals surface area contributed by atoms with Crippen LogP contribution in [-0.4, -0.2) is 27.0 Å². The first-order chi connectivity index (χ1) is 13.6. The van der Waals surface area contributed by atoms with Crippen LogP contribution in [0.15, 0.2) is 36.4 Å². The predicted octanol–water partition coefficient (Wildman–Crippen LogP) is 5.25. The van der Waals surface area contributed by atoms with Crippen LogP contribution in [0.1, 0.15) is 37.0 Å². The van der Waals surface area contributed by atoms with Gasteiger partial charge in [-0.25, -0.2) is 4.98 Å². The van der Waals surface area contributed by atoms with Crippen molar-refractivity contribution in [3.8, 4) is 0 Å². The Kier molecular flexibility index (Phi) is 5.87.